The summed E-state index contributed by atoms with van der Waals surface area (Å²) in [6, 6.07) is 0. The molecule has 0 bridgehead atoms. The van der Waals surface area contributed by atoms with Crippen LogP contribution in [0.1, 0.15) is 38.5 Å². The van der Waals surface area contributed by atoms with E-state index in [9.17, 15) is 14.4 Å². The van der Waals surface area contributed by atoms with E-state index >= 15 is 0 Å². The van der Waals surface area contributed by atoms with Crippen molar-refractivity contribution in [1.29, 1.82) is 0 Å². The Hall–Kier alpha value is -1.75. The molecule has 0 spiro atoms. The molecule has 0 aromatic heterocycles. The number of carboxylic acids is 3. The molecule has 5 N–H and O–H groups in total. The van der Waals surface area contributed by atoms with E-state index in [2.05, 4.69) is 11.1 Å². The van der Waals surface area contributed by atoms with E-state index in [-0.39, 0.29) is 25.4 Å². The standard InChI is InChI=1S/C14H26N4O6/c19-12(20)8-11-4-2-1-3-6-17(9-13(21)22)15-16-18(7-5-11)10-14(23)24/h11,15-16H,1-10H2,(H,19,20)(H,21,22)(H,23,24). The predicted molar refractivity (Wildman–Crippen MR) is 83.5 cm³/mol. The summed E-state index contributed by atoms with van der Waals surface area (Å²) in [5.74, 6) is -2.87. The van der Waals surface area contributed by atoms with Crippen LogP contribution in [0.5, 0.6) is 0 Å². The maximum Gasteiger partial charge on any atom is 0.319 e. The summed E-state index contributed by atoms with van der Waals surface area (Å²) in [6.07, 6.45) is 3.89. The van der Waals surface area contributed by atoms with E-state index in [1.807, 2.05) is 0 Å². The summed E-state index contributed by atoms with van der Waals surface area (Å²) >= 11 is 0. The number of nitrogens with one attached hydrogen (secondary N) is 2. The Morgan fingerprint density at radius 2 is 1.38 bits per heavy atom. The zero-order valence-corrected chi connectivity index (χ0v) is 13.6. The Balaban J connectivity index is 2.68. The van der Waals surface area contributed by atoms with Crippen LogP contribution in [0, 0.1) is 5.92 Å². The van der Waals surface area contributed by atoms with Crippen LogP contribution in [-0.4, -0.2) is 69.4 Å². The molecule has 0 saturated carbocycles. The van der Waals surface area contributed by atoms with Crippen molar-refractivity contribution < 1.29 is 29.7 Å². The lowest BCUT2D eigenvalue weighted by Gasteiger charge is -2.29. The fraction of sp³-hybridized carbons (Fsp3) is 0.786. The van der Waals surface area contributed by atoms with E-state index in [4.69, 9.17) is 15.3 Å². The molecule has 10 nitrogen and oxygen atoms in total. The molecule has 1 saturated heterocycles. The highest BCUT2D eigenvalue weighted by Crippen LogP contribution is 2.18. The average molecular weight is 346 g/mol. The summed E-state index contributed by atoms with van der Waals surface area (Å²) in [4.78, 5) is 32.8. The van der Waals surface area contributed by atoms with Gasteiger partial charge in [0.1, 0.15) is 13.1 Å². The van der Waals surface area contributed by atoms with Crippen LogP contribution in [0.2, 0.25) is 0 Å². The monoisotopic (exact) mass is 346 g/mol. The van der Waals surface area contributed by atoms with Crippen LogP contribution in [0.3, 0.4) is 0 Å². The number of hydrazine groups is 3. The quantitative estimate of drug-likeness (QED) is 0.436. The van der Waals surface area contributed by atoms with Crippen LogP contribution >= 0.6 is 0 Å². The molecular formula is C14H26N4O6. The van der Waals surface area contributed by atoms with Crippen molar-refractivity contribution in [3.8, 4) is 0 Å². The third-order valence-electron chi connectivity index (χ3n) is 3.83. The van der Waals surface area contributed by atoms with Crippen molar-refractivity contribution in [3.05, 3.63) is 0 Å². The molecule has 0 amide bonds. The molecule has 1 rings (SSSR count). The third-order valence-corrected chi connectivity index (χ3v) is 3.83. The van der Waals surface area contributed by atoms with Crippen molar-refractivity contribution in [3.63, 3.8) is 0 Å². The molecule has 0 aromatic rings. The first-order valence-electron chi connectivity index (χ1n) is 8.03. The van der Waals surface area contributed by atoms with Crippen molar-refractivity contribution in [2.24, 2.45) is 5.92 Å². The van der Waals surface area contributed by atoms with Crippen LogP contribution in [0.15, 0.2) is 0 Å². The Kier molecular flexibility index (Phi) is 9.23. The minimum absolute atomic E-state index is 0.00450. The lowest BCUT2D eigenvalue weighted by Crippen LogP contribution is -2.57. The SMILES string of the molecule is O=C(O)CC1CCCCCN(CC(=O)O)NNN(CC(=O)O)CC1. The maximum absolute atomic E-state index is 10.9. The van der Waals surface area contributed by atoms with Gasteiger partial charge >= 0.3 is 17.9 Å². The molecule has 0 aliphatic carbocycles. The van der Waals surface area contributed by atoms with E-state index in [0.29, 0.717) is 19.5 Å². The molecule has 1 aliphatic heterocycles. The first-order chi connectivity index (χ1) is 11.4. The normalized spacial score (nSPS) is 22.2. The molecule has 138 valence electrons. The summed E-state index contributed by atoms with van der Waals surface area (Å²) in [5, 5.41) is 29.8. The van der Waals surface area contributed by atoms with Gasteiger partial charge in [0.25, 0.3) is 0 Å². The van der Waals surface area contributed by atoms with Gasteiger partial charge in [-0.1, -0.05) is 12.8 Å². The minimum Gasteiger partial charge on any atom is -0.481 e. The number of hydrogen-bond donors (Lipinski definition) is 5. The molecule has 10 heteroatoms. The number of carboxylic acid groups (broad SMARTS) is 3. The topological polar surface area (TPSA) is 142 Å². The molecule has 1 atom stereocenters. The zero-order valence-electron chi connectivity index (χ0n) is 13.6. The fourth-order valence-corrected chi connectivity index (χ4v) is 2.66. The molecular weight excluding hydrogens is 320 g/mol. The van der Waals surface area contributed by atoms with Crippen LogP contribution < -0.4 is 11.1 Å². The Morgan fingerprint density at radius 1 is 0.792 bits per heavy atom. The summed E-state index contributed by atoms with van der Waals surface area (Å²) in [6.45, 7) is 0.339. The van der Waals surface area contributed by atoms with Gasteiger partial charge in [0, 0.05) is 19.5 Å². The van der Waals surface area contributed by atoms with E-state index in [0.717, 1.165) is 25.7 Å². The Bertz CT molecular complexity index is 403. The molecule has 1 aliphatic rings. The second-order valence-electron chi connectivity index (χ2n) is 5.96. The maximum atomic E-state index is 10.9. The smallest absolute Gasteiger partial charge is 0.319 e. The van der Waals surface area contributed by atoms with Crippen LogP contribution in [-0.2, 0) is 14.4 Å². The fourth-order valence-electron chi connectivity index (χ4n) is 2.66. The lowest BCUT2D eigenvalue weighted by atomic mass is 9.94. The van der Waals surface area contributed by atoms with Crippen LogP contribution in [0.4, 0.5) is 0 Å². The summed E-state index contributed by atoms with van der Waals surface area (Å²) in [5.41, 5.74) is 5.44. The minimum atomic E-state index is -1.03. The number of aliphatic carboxylic acids is 3. The first-order valence-corrected chi connectivity index (χ1v) is 8.03. The highest BCUT2D eigenvalue weighted by atomic mass is 16.4. The number of hydrogen-bond acceptors (Lipinski definition) is 7. The zero-order chi connectivity index (χ0) is 17.9. The van der Waals surface area contributed by atoms with Crippen molar-refractivity contribution in [2.75, 3.05) is 26.2 Å². The van der Waals surface area contributed by atoms with Gasteiger partial charge in [-0.3, -0.25) is 14.4 Å². The molecule has 1 fully saturated rings. The second kappa shape index (κ2) is 10.9. The van der Waals surface area contributed by atoms with Crippen molar-refractivity contribution in [1.82, 2.24) is 21.1 Å². The second-order valence-corrected chi connectivity index (χ2v) is 5.96. The summed E-state index contributed by atoms with van der Waals surface area (Å²) in [7, 11) is 0. The van der Waals surface area contributed by atoms with Gasteiger partial charge in [0.05, 0.1) is 0 Å². The first kappa shape index (κ1) is 20.3. The number of carbonyl (C=O) groups is 3. The van der Waals surface area contributed by atoms with Crippen LogP contribution in [0.25, 0.3) is 0 Å². The van der Waals surface area contributed by atoms with E-state index in [1.54, 1.807) is 0 Å². The Labute approximate surface area is 140 Å². The third kappa shape index (κ3) is 9.40. The molecule has 1 heterocycles. The van der Waals surface area contributed by atoms with Gasteiger partial charge in [0.15, 0.2) is 0 Å². The number of rotatable bonds is 6. The van der Waals surface area contributed by atoms with Gasteiger partial charge in [-0.25, -0.2) is 10.0 Å². The van der Waals surface area contributed by atoms with Gasteiger partial charge in [-0.2, -0.15) is 11.1 Å². The molecule has 24 heavy (non-hydrogen) atoms. The average Bonchev–Trinajstić information content (AvgIpc) is 2.45. The van der Waals surface area contributed by atoms with Crippen molar-refractivity contribution in [2.45, 2.75) is 38.5 Å². The highest BCUT2D eigenvalue weighted by molar-refractivity contribution is 5.69. The Morgan fingerprint density at radius 3 is 1.92 bits per heavy atom. The van der Waals surface area contributed by atoms with Crippen molar-refractivity contribution >= 4 is 17.9 Å². The largest absolute Gasteiger partial charge is 0.481 e. The number of nitrogens with zero attached hydrogens (tertiary/aromatic N) is 2. The van der Waals surface area contributed by atoms with Gasteiger partial charge in [0.2, 0.25) is 0 Å². The highest BCUT2D eigenvalue weighted by Gasteiger charge is 2.18. The molecule has 1 unspecified atom stereocenters. The van der Waals surface area contributed by atoms with E-state index in [1.165, 1.54) is 10.0 Å². The van der Waals surface area contributed by atoms with Gasteiger partial charge < -0.3 is 15.3 Å². The summed E-state index contributed by atoms with van der Waals surface area (Å²) < 4.78 is 0. The predicted octanol–water partition coefficient (Wildman–Crippen LogP) is -0.261. The van der Waals surface area contributed by atoms with E-state index < -0.39 is 17.9 Å². The van der Waals surface area contributed by atoms with Gasteiger partial charge in [-0.15, -0.1) is 0 Å². The molecule has 0 aromatic carbocycles. The lowest BCUT2D eigenvalue weighted by molar-refractivity contribution is -0.143. The van der Waals surface area contributed by atoms with Gasteiger partial charge in [-0.05, 0) is 25.2 Å². The molecule has 0 radical (unpaired) electrons.